The first-order valence-electron chi connectivity index (χ1n) is 7.68. The van der Waals surface area contributed by atoms with Crippen molar-refractivity contribution in [1.29, 1.82) is 0 Å². The van der Waals surface area contributed by atoms with Crippen LogP contribution in [-0.4, -0.2) is 22.4 Å². The highest BCUT2D eigenvalue weighted by Gasteiger charge is 2.11. The van der Waals surface area contributed by atoms with Crippen molar-refractivity contribution in [2.45, 2.75) is 45.5 Å². The molecular formula is C19H24O3. The summed E-state index contributed by atoms with van der Waals surface area (Å²) in [7, 11) is 0. The predicted molar refractivity (Wildman–Crippen MR) is 88.0 cm³/mol. The van der Waals surface area contributed by atoms with Gasteiger partial charge in [0.25, 0.3) is 0 Å². The van der Waals surface area contributed by atoms with E-state index < -0.39 is 12.2 Å². The van der Waals surface area contributed by atoms with Gasteiger partial charge in [0, 0.05) is 0 Å². The van der Waals surface area contributed by atoms with Gasteiger partial charge in [0.2, 0.25) is 0 Å². The second-order valence-electron chi connectivity index (χ2n) is 5.71. The summed E-state index contributed by atoms with van der Waals surface area (Å²) in [4.78, 5) is 0. The molecule has 0 saturated heterocycles. The Morgan fingerprint density at radius 1 is 1.05 bits per heavy atom. The summed E-state index contributed by atoms with van der Waals surface area (Å²) in [6.45, 7) is 4.21. The lowest BCUT2D eigenvalue weighted by atomic mass is 10.00. The Hall–Kier alpha value is -1.84. The molecule has 0 radical (unpaired) electrons. The van der Waals surface area contributed by atoms with Crippen molar-refractivity contribution in [1.82, 2.24) is 0 Å². The van der Waals surface area contributed by atoms with E-state index in [-0.39, 0.29) is 0 Å². The van der Waals surface area contributed by atoms with Crippen LogP contribution in [0, 0.1) is 6.92 Å². The highest BCUT2D eigenvalue weighted by atomic mass is 16.5. The molecule has 0 aliphatic rings. The number of aliphatic hydroxyl groups excluding tert-OH is 2. The average molecular weight is 300 g/mol. The number of ether oxygens (including phenoxy) is 1. The zero-order chi connectivity index (χ0) is 15.9. The Morgan fingerprint density at radius 2 is 1.77 bits per heavy atom. The van der Waals surface area contributed by atoms with Gasteiger partial charge in [0.15, 0.2) is 0 Å². The largest absolute Gasteiger partial charge is 0.489 e. The van der Waals surface area contributed by atoms with Crippen LogP contribution in [0.4, 0.5) is 0 Å². The lowest BCUT2D eigenvalue weighted by Gasteiger charge is -2.15. The van der Waals surface area contributed by atoms with E-state index in [1.165, 1.54) is 5.56 Å². The van der Waals surface area contributed by atoms with Crippen LogP contribution in [0.1, 0.15) is 30.0 Å². The SMILES string of the molecule is Cc1cc(OCc2ccccc2)ccc1CCC(O)C(C)O. The molecule has 0 heterocycles. The first kappa shape index (κ1) is 16.5. The van der Waals surface area contributed by atoms with Crippen LogP contribution in [0.15, 0.2) is 48.5 Å². The third kappa shape index (κ3) is 4.86. The second-order valence-corrected chi connectivity index (χ2v) is 5.71. The van der Waals surface area contributed by atoms with Crippen LogP contribution < -0.4 is 4.74 Å². The van der Waals surface area contributed by atoms with Crippen LogP contribution in [-0.2, 0) is 13.0 Å². The molecule has 0 amide bonds. The van der Waals surface area contributed by atoms with Crippen LogP contribution in [0.3, 0.4) is 0 Å². The topological polar surface area (TPSA) is 49.7 Å². The summed E-state index contributed by atoms with van der Waals surface area (Å²) in [6.07, 6.45) is -0.0539. The fourth-order valence-corrected chi connectivity index (χ4v) is 2.32. The van der Waals surface area contributed by atoms with E-state index in [0.717, 1.165) is 23.3 Å². The van der Waals surface area contributed by atoms with E-state index in [1.54, 1.807) is 6.92 Å². The first-order valence-corrected chi connectivity index (χ1v) is 7.68. The van der Waals surface area contributed by atoms with Gasteiger partial charge in [-0.25, -0.2) is 0 Å². The summed E-state index contributed by atoms with van der Waals surface area (Å²) in [5.74, 6) is 0.848. The number of hydrogen-bond acceptors (Lipinski definition) is 3. The molecule has 0 spiro atoms. The number of hydrogen-bond donors (Lipinski definition) is 2. The fourth-order valence-electron chi connectivity index (χ4n) is 2.32. The van der Waals surface area contributed by atoms with E-state index in [9.17, 15) is 10.2 Å². The maximum absolute atomic E-state index is 9.67. The molecule has 0 aliphatic carbocycles. The Kier molecular flexibility index (Phi) is 5.99. The summed E-state index contributed by atoms with van der Waals surface area (Å²) >= 11 is 0. The smallest absolute Gasteiger partial charge is 0.120 e. The van der Waals surface area contributed by atoms with Gasteiger partial charge in [-0.1, -0.05) is 36.4 Å². The lowest BCUT2D eigenvalue weighted by Crippen LogP contribution is -2.22. The molecule has 2 N–H and O–H groups in total. The average Bonchev–Trinajstić information content (AvgIpc) is 2.52. The maximum Gasteiger partial charge on any atom is 0.120 e. The predicted octanol–water partition coefficient (Wildman–Crippen LogP) is 3.25. The van der Waals surface area contributed by atoms with Crippen LogP contribution >= 0.6 is 0 Å². The van der Waals surface area contributed by atoms with Gasteiger partial charge in [-0.05, 0) is 55.5 Å². The minimum Gasteiger partial charge on any atom is -0.489 e. The van der Waals surface area contributed by atoms with Crippen LogP contribution in [0.5, 0.6) is 5.75 Å². The number of benzene rings is 2. The van der Waals surface area contributed by atoms with Crippen molar-refractivity contribution in [3.05, 3.63) is 65.2 Å². The Bertz CT molecular complexity index is 578. The quantitative estimate of drug-likeness (QED) is 0.825. The molecule has 118 valence electrons. The van der Waals surface area contributed by atoms with Crippen molar-refractivity contribution in [3.63, 3.8) is 0 Å². The van der Waals surface area contributed by atoms with Crippen molar-refractivity contribution in [2.75, 3.05) is 0 Å². The van der Waals surface area contributed by atoms with Crippen molar-refractivity contribution >= 4 is 0 Å². The maximum atomic E-state index is 9.67. The molecule has 3 nitrogen and oxygen atoms in total. The van der Waals surface area contributed by atoms with Gasteiger partial charge in [-0.3, -0.25) is 0 Å². The zero-order valence-electron chi connectivity index (χ0n) is 13.2. The Balaban J connectivity index is 1.91. The third-order valence-corrected chi connectivity index (χ3v) is 3.83. The number of aryl methyl sites for hydroxylation is 2. The minimum atomic E-state index is -0.686. The van der Waals surface area contributed by atoms with E-state index >= 15 is 0 Å². The van der Waals surface area contributed by atoms with Crippen molar-refractivity contribution in [2.24, 2.45) is 0 Å². The lowest BCUT2D eigenvalue weighted by molar-refractivity contribution is 0.0265. The van der Waals surface area contributed by atoms with E-state index in [1.807, 2.05) is 55.5 Å². The van der Waals surface area contributed by atoms with Crippen molar-refractivity contribution in [3.8, 4) is 5.75 Å². The fraction of sp³-hybridized carbons (Fsp3) is 0.368. The van der Waals surface area contributed by atoms with E-state index in [4.69, 9.17) is 4.74 Å². The molecule has 3 heteroatoms. The van der Waals surface area contributed by atoms with Gasteiger partial charge in [-0.15, -0.1) is 0 Å². The standard InChI is InChI=1S/C19H24O3/c1-14-12-18(22-13-16-6-4-3-5-7-16)10-8-17(14)9-11-19(21)15(2)20/h3-8,10,12,15,19-21H,9,11,13H2,1-2H3. The number of rotatable bonds is 7. The summed E-state index contributed by atoms with van der Waals surface area (Å²) in [5, 5.41) is 19.0. The zero-order valence-corrected chi connectivity index (χ0v) is 13.2. The first-order chi connectivity index (χ1) is 10.6. The van der Waals surface area contributed by atoms with Crippen LogP contribution in [0.2, 0.25) is 0 Å². The summed E-state index contributed by atoms with van der Waals surface area (Å²) < 4.78 is 5.80. The summed E-state index contributed by atoms with van der Waals surface area (Å²) in [5.41, 5.74) is 3.46. The molecule has 2 aromatic rings. The molecule has 2 aromatic carbocycles. The molecule has 0 aromatic heterocycles. The molecule has 0 fully saturated rings. The normalized spacial score (nSPS) is 13.6. The molecule has 22 heavy (non-hydrogen) atoms. The summed E-state index contributed by atoms with van der Waals surface area (Å²) in [6, 6.07) is 16.1. The molecular weight excluding hydrogens is 276 g/mol. The molecule has 2 unspecified atom stereocenters. The highest BCUT2D eigenvalue weighted by Crippen LogP contribution is 2.20. The van der Waals surface area contributed by atoms with E-state index in [0.29, 0.717) is 13.0 Å². The molecule has 2 atom stereocenters. The highest BCUT2D eigenvalue weighted by molar-refractivity contribution is 5.35. The molecule has 2 rings (SSSR count). The van der Waals surface area contributed by atoms with Gasteiger partial charge in [0.05, 0.1) is 12.2 Å². The monoisotopic (exact) mass is 300 g/mol. The molecule has 0 aliphatic heterocycles. The van der Waals surface area contributed by atoms with Gasteiger partial charge in [-0.2, -0.15) is 0 Å². The Morgan fingerprint density at radius 3 is 2.41 bits per heavy atom. The van der Waals surface area contributed by atoms with Gasteiger partial charge >= 0.3 is 0 Å². The second kappa shape index (κ2) is 7.97. The van der Waals surface area contributed by atoms with Crippen LogP contribution in [0.25, 0.3) is 0 Å². The van der Waals surface area contributed by atoms with Gasteiger partial charge < -0.3 is 14.9 Å². The van der Waals surface area contributed by atoms with Gasteiger partial charge in [0.1, 0.15) is 12.4 Å². The third-order valence-electron chi connectivity index (χ3n) is 3.83. The number of aliphatic hydroxyl groups is 2. The van der Waals surface area contributed by atoms with Crippen molar-refractivity contribution < 1.29 is 14.9 Å². The molecule has 0 bridgehead atoms. The van der Waals surface area contributed by atoms with E-state index in [2.05, 4.69) is 0 Å². The Labute approximate surface area is 132 Å². The molecule has 0 saturated carbocycles. The minimum absolute atomic E-state index is 0.556.